The summed E-state index contributed by atoms with van der Waals surface area (Å²) in [6.07, 6.45) is 3.96. The molecule has 0 spiro atoms. The van der Waals surface area contributed by atoms with Crippen LogP contribution in [0.15, 0.2) is 41.3 Å². The lowest BCUT2D eigenvalue weighted by atomic mass is 10.2. The van der Waals surface area contributed by atoms with Crippen molar-refractivity contribution in [3.05, 3.63) is 42.0 Å². The Morgan fingerprint density at radius 1 is 1.50 bits per heavy atom. The predicted octanol–water partition coefficient (Wildman–Crippen LogP) is 3.05. The standard InChI is InChI=1S/C11H12O2S/c1-2-3-8-14-10-7-5-4-6-9(10)11(12)13/h2-7H,8H2,1H3,(H,12,13). The molecule has 0 saturated carbocycles. The van der Waals surface area contributed by atoms with E-state index in [0.29, 0.717) is 5.56 Å². The number of rotatable bonds is 4. The van der Waals surface area contributed by atoms with Crippen molar-refractivity contribution in [1.82, 2.24) is 0 Å². The SMILES string of the molecule is CC=CCSc1ccccc1C(=O)O. The fourth-order valence-corrected chi connectivity index (χ4v) is 1.96. The highest BCUT2D eigenvalue weighted by Crippen LogP contribution is 2.22. The number of allylic oxidation sites excluding steroid dienone is 1. The molecule has 0 aliphatic rings. The maximum Gasteiger partial charge on any atom is 0.336 e. The van der Waals surface area contributed by atoms with Crippen LogP contribution in [0.3, 0.4) is 0 Å². The van der Waals surface area contributed by atoms with Gasteiger partial charge in [0.2, 0.25) is 0 Å². The molecule has 0 heterocycles. The van der Waals surface area contributed by atoms with Gasteiger partial charge in [0.1, 0.15) is 0 Å². The first-order valence-corrected chi connectivity index (χ1v) is 5.30. The third-order valence-corrected chi connectivity index (χ3v) is 2.71. The molecule has 0 aromatic heterocycles. The summed E-state index contributed by atoms with van der Waals surface area (Å²) in [7, 11) is 0. The lowest BCUT2D eigenvalue weighted by molar-refractivity contribution is 0.0693. The Balaban J connectivity index is 2.79. The molecule has 0 bridgehead atoms. The number of carboxylic acid groups (broad SMARTS) is 1. The van der Waals surface area contributed by atoms with Crippen molar-refractivity contribution < 1.29 is 9.90 Å². The molecule has 3 heteroatoms. The van der Waals surface area contributed by atoms with Crippen LogP contribution in [-0.2, 0) is 0 Å². The van der Waals surface area contributed by atoms with E-state index in [1.165, 1.54) is 11.8 Å². The molecule has 14 heavy (non-hydrogen) atoms. The second-order valence-corrected chi connectivity index (χ2v) is 3.74. The van der Waals surface area contributed by atoms with Crippen LogP contribution in [0.2, 0.25) is 0 Å². The molecule has 0 aliphatic heterocycles. The molecule has 1 N–H and O–H groups in total. The maximum absolute atomic E-state index is 10.8. The van der Waals surface area contributed by atoms with Crippen molar-refractivity contribution in [2.24, 2.45) is 0 Å². The van der Waals surface area contributed by atoms with Crippen molar-refractivity contribution in [2.45, 2.75) is 11.8 Å². The number of hydrogen-bond donors (Lipinski definition) is 1. The summed E-state index contributed by atoms with van der Waals surface area (Å²) in [4.78, 5) is 11.6. The van der Waals surface area contributed by atoms with Crippen LogP contribution in [0.1, 0.15) is 17.3 Å². The summed E-state index contributed by atoms with van der Waals surface area (Å²) in [6, 6.07) is 7.05. The zero-order chi connectivity index (χ0) is 10.4. The summed E-state index contributed by atoms with van der Waals surface area (Å²) in [6.45, 7) is 1.95. The van der Waals surface area contributed by atoms with Gasteiger partial charge in [0, 0.05) is 10.6 Å². The Morgan fingerprint density at radius 3 is 2.86 bits per heavy atom. The van der Waals surface area contributed by atoms with E-state index in [-0.39, 0.29) is 0 Å². The minimum Gasteiger partial charge on any atom is -0.478 e. The molecule has 74 valence electrons. The minimum absolute atomic E-state index is 0.377. The fraction of sp³-hybridized carbons (Fsp3) is 0.182. The van der Waals surface area contributed by atoms with Crippen molar-refractivity contribution in [3.63, 3.8) is 0 Å². The molecule has 0 atom stereocenters. The number of carboxylic acids is 1. The van der Waals surface area contributed by atoms with Gasteiger partial charge in [0.05, 0.1) is 5.56 Å². The molecule has 0 amide bonds. The summed E-state index contributed by atoms with van der Waals surface area (Å²) < 4.78 is 0. The predicted molar refractivity (Wildman–Crippen MR) is 58.9 cm³/mol. The lowest BCUT2D eigenvalue weighted by Crippen LogP contribution is -1.98. The van der Waals surface area contributed by atoms with Crippen LogP contribution in [0.4, 0.5) is 0 Å². The highest BCUT2D eigenvalue weighted by atomic mass is 32.2. The zero-order valence-electron chi connectivity index (χ0n) is 7.93. The van der Waals surface area contributed by atoms with Crippen molar-refractivity contribution in [2.75, 3.05) is 5.75 Å². The third kappa shape index (κ3) is 2.92. The minimum atomic E-state index is -0.867. The Morgan fingerprint density at radius 2 is 2.21 bits per heavy atom. The largest absolute Gasteiger partial charge is 0.478 e. The summed E-state index contributed by atoms with van der Waals surface area (Å²) in [5.74, 6) is -0.0607. The van der Waals surface area contributed by atoms with Gasteiger partial charge in [-0.05, 0) is 19.1 Å². The van der Waals surface area contributed by atoms with E-state index in [2.05, 4.69) is 0 Å². The Kier molecular flexibility index (Phi) is 4.26. The third-order valence-electron chi connectivity index (χ3n) is 1.69. The highest BCUT2D eigenvalue weighted by molar-refractivity contribution is 7.99. The zero-order valence-corrected chi connectivity index (χ0v) is 8.75. The van der Waals surface area contributed by atoms with Crippen LogP contribution >= 0.6 is 11.8 Å². The first kappa shape index (κ1) is 10.9. The average molecular weight is 208 g/mol. The van der Waals surface area contributed by atoms with E-state index in [9.17, 15) is 4.79 Å². The molecule has 2 nitrogen and oxygen atoms in total. The van der Waals surface area contributed by atoms with Gasteiger partial charge in [-0.1, -0.05) is 24.3 Å². The number of carbonyl (C=O) groups is 1. The summed E-state index contributed by atoms with van der Waals surface area (Å²) in [5.41, 5.74) is 0.377. The van der Waals surface area contributed by atoms with Gasteiger partial charge in [-0.2, -0.15) is 0 Å². The van der Waals surface area contributed by atoms with Gasteiger partial charge in [-0.25, -0.2) is 4.79 Å². The van der Waals surface area contributed by atoms with Crippen LogP contribution in [0.25, 0.3) is 0 Å². The van der Waals surface area contributed by atoms with Crippen LogP contribution in [0, 0.1) is 0 Å². The molecule has 0 aliphatic carbocycles. The van der Waals surface area contributed by atoms with E-state index < -0.39 is 5.97 Å². The quantitative estimate of drug-likeness (QED) is 0.610. The second-order valence-electron chi connectivity index (χ2n) is 2.68. The van der Waals surface area contributed by atoms with Crippen molar-refractivity contribution in [3.8, 4) is 0 Å². The van der Waals surface area contributed by atoms with Crippen LogP contribution in [-0.4, -0.2) is 16.8 Å². The second kappa shape index (κ2) is 5.50. The average Bonchev–Trinajstić information content (AvgIpc) is 2.19. The van der Waals surface area contributed by atoms with E-state index in [1.807, 2.05) is 31.2 Å². The first-order valence-electron chi connectivity index (χ1n) is 4.32. The van der Waals surface area contributed by atoms with E-state index >= 15 is 0 Å². The maximum atomic E-state index is 10.8. The van der Waals surface area contributed by atoms with Gasteiger partial charge >= 0.3 is 5.97 Å². The Hall–Kier alpha value is -1.22. The topological polar surface area (TPSA) is 37.3 Å². The molecular weight excluding hydrogens is 196 g/mol. The van der Waals surface area contributed by atoms with Gasteiger partial charge in [0.25, 0.3) is 0 Å². The first-order chi connectivity index (χ1) is 6.75. The van der Waals surface area contributed by atoms with Crippen molar-refractivity contribution in [1.29, 1.82) is 0 Å². The van der Waals surface area contributed by atoms with Crippen LogP contribution in [0.5, 0.6) is 0 Å². The van der Waals surface area contributed by atoms with Crippen LogP contribution < -0.4 is 0 Å². The van der Waals surface area contributed by atoms with E-state index in [0.717, 1.165) is 10.6 Å². The number of aromatic carboxylic acids is 1. The smallest absolute Gasteiger partial charge is 0.336 e. The Labute approximate surface area is 87.6 Å². The van der Waals surface area contributed by atoms with Gasteiger partial charge in [-0.15, -0.1) is 11.8 Å². The normalized spacial score (nSPS) is 10.6. The Bertz CT molecular complexity index is 345. The van der Waals surface area contributed by atoms with Gasteiger partial charge < -0.3 is 5.11 Å². The van der Waals surface area contributed by atoms with Crippen molar-refractivity contribution >= 4 is 17.7 Å². The number of hydrogen-bond acceptors (Lipinski definition) is 2. The molecule has 1 rings (SSSR count). The monoisotopic (exact) mass is 208 g/mol. The van der Waals surface area contributed by atoms with E-state index in [1.54, 1.807) is 12.1 Å². The molecule has 0 fully saturated rings. The number of benzene rings is 1. The fourth-order valence-electron chi connectivity index (χ4n) is 1.00. The molecular formula is C11H12O2S. The molecule has 1 aromatic carbocycles. The summed E-state index contributed by atoms with van der Waals surface area (Å²) in [5, 5.41) is 8.89. The molecule has 0 saturated heterocycles. The molecule has 1 aromatic rings. The molecule has 0 unspecified atom stereocenters. The number of thioether (sulfide) groups is 1. The summed E-state index contributed by atoms with van der Waals surface area (Å²) >= 11 is 1.53. The van der Waals surface area contributed by atoms with Gasteiger partial charge in [-0.3, -0.25) is 0 Å². The van der Waals surface area contributed by atoms with E-state index in [4.69, 9.17) is 5.11 Å². The highest BCUT2D eigenvalue weighted by Gasteiger charge is 2.07. The lowest BCUT2D eigenvalue weighted by Gasteiger charge is -2.02. The van der Waals surface area contributed by atoms with Gasteiger partial charge in [0.15, 0.2) is 0 Å². The molecule has 0 radical (unpaired) electrons.